The number of carbonyl (C=O) groups is 1. The first-order valence-corrected chi connectivity index (χ1v) is 12.0. The summed E-state index contributed by atoms with van der Waals surface area (Å²) in [6, 6.07) is 0. The molecule has 8 nitrogen and oxygen atoms in total. The summed E-state index contributed by atoms with van der Waals surface area (Å²) < 4.78 is 11.0. The van der Waals surface area contributed by atoms with E-state index in [0.29, 0.717) is 17.5 Å². The largest absolute Gasteiger partial charge is 0.381 e. The van der Waals surface area contributed by atoms with Crippen molar-refractivity contribution in [3.8, 4) is 0 Å². The number of hydrogen-bond donors (Lipinski definition) is 1. The molecule has 2 fully saturated rings. The highest BCUT2D eigenvalue weighted by atomic mass is 16.5. The van der Waals surface area contributed by atoms with E-state index in [1.807, 2.05) is 4.90 Å². The molecular formula is C23H33N5O3. The van der Waals surface area contributed by atoms with Gasteiger partial charge in [0.1, 0.15) is 0 Å². The standard InChI is InChI=1S/C23H33N5O3/c29-23(21-18-5-3-1-2-4-6-19(18)25-26-21)28-11-7-16(8-12-28)15-20-24-22(27-31-20)17-9-13-30-14-10-17/h16-17H,1-15H2,(H,25,26). The highest BCUT2D eigenvalue weighted by Crippen LogP contribution is 2.28. The molecule has 168 valence electrons. The lowest BCUT2D eigenvalue weighted by molar-refractivity contribution is 0.0680. The van der Waals surface area contributed by atoms with E-state index in [2.05, 4.69) is 20.3 Å². The number of rotatable bonds is 4. The third-order valence-electron chi connectivity index (χ3n) is 7.19. The number of ether oxygens (including phenoxy) is 1. The van der Waals surface area contributed by atoms with Crippen molar-refractivity contribution in [2.24, 2.45) is 5.92 Å². The van der Waals surface area contributed by atoms with Gasteiger partial charge in [-0.3, -0.25) is 9.89 Å². The number of carbonyl (C=O) groups excluding carboxylic acids is 1. The van der Waals surface area contributed by atoms with E-state index in [9.17, 15) is 4.79 Å². The highest BCUT2D eigenvalue weighted by Gasteiger charge is 2.29. The van der Waals surface area contributed by atoms with Crippen molar-refractivity contribution in [3.05, 3.63) is 28.7 Å². The average molecular weight is 428 g/mol. The van der Waals surface area contributed by atoms with Crippen LogP contribution in [0.1, 0.15) is 90.7 Å². The van der Waals surface area contributed by atoms with Gasteiger partial charge in [-0.25, -0.2) is 0 Å². The van der Waals surface area contributed by atoms with E-state index in [1.165, 1.54) is 30.5 Å². The van der Waals surface area contributed by atoms with E-state index >= 15 is 0 Å². The summed E-state index contributed by atoms with van der Waals surface area (Å²) in [4.78, 5) is 19.8. The number of aromatic amines is 1. The molecule has 4 heterocycles. The molecule has 1 N–H and O–H groups in total. The van der Waals surface area contributed by atoms with Crippen LogP contribution >= 0.6 is 0 Å². The third-order valence-corrected chi connectivity index (χ3v) is 7.19. The quantitative estimate of drug-likeness (QED) is 0.803. The summed E-state index contributed by atoms with van der Waals surface area (Å²) in [7, 11) is 0. The van der Waals surface area contributed by atoms with E-state index < -0.39 is 0 Å². The molecule has 0 atom stereocenters. The lowest BCUT2D eigenvalue weighted by Gasteiger charge is -2.31. The Morgan fingerprint density at radius 3 is 2.61 bits per heavy atom. The Kier molecular flexibility index (Phi) is 6.34. The second kappa shape index (κ2) is 9.51. The van der Waals surface area contributed by atoms with Gasteiger partial charge in [-0.1, -0.05) is 18.0 Å². The van der Waals surface area contributed by atoms with Crippen molar-refractivity contribution in [2.75, 3.05) is 26.3 Å². The molecule has 1 aliphatic carbocycles. The molecule has 0 saturated carbocycles. The molecule has 1 amide bonds. The molecule has 2 aromatic rings. The minimum atomic E-state index is 0.0936. The lowest BCUT2D eigenvalue weighted by atomic mass is 9.92. The zero-order valence-electron chi connectivity index (χ0n) is 18.3. The Balaban J connectivity index is 1.16. The summed E-state index contributed by atoms with van der Waals surface area (Å²) in [5, 5.41) is 11.8. The Bertz CT molecular complexity index is 878. The highest BCUT2D eigenvalue weighted by molar-refractivity contribution is 5.94. The topological polar surface area (TPSA) is 97.1 Å². The van der Waals surface area contributed by atoms with E-state index in [0.717, 1.165) is 89.4 Å². The van der Waals surface area contributed by atoms with Crippen LogP contribution in [0.15, 0.2) is 4.52 Å². The predicted octanol–water partition coefficient (Wildman–Crippen LogP) is 3.44. The molecular weight excluding hydrogens is 394 g/mol. The minimum absolute atomic E-state index is 0.0936. The second-order valence-electron chi connectivity index (χ2n) is 9.32. The molecule has 2 aliphatic heterocycles. The normalized spacial score (nSPS) is 21.5. The summed E-state index contributed by atoms with van der Waals surface area (Å²) in [5.74, 6) is 2.50. The number of hydrogen-bond acceptors (Lipinski definition) is 6. The first-order valence-electron chi connectivity index (χ1n) is 12.0. The predicted molar refractivity (Wildman–Crippen MR) is 114 cm³/mol. The van der Waals surface area contributed by atoms with Gasteiger partial charge in [-0.15, -0.1) is 0 Å². The fourth-order valence-electron chi connectivity index (χ4n) is 5.22. The van der Waals surface area contributed by atoms with Crippen LogP contribution < -0.4 is 0 Å². The fourth-order valence-corrected chi connectivity index (χ4v) is 5.22. The van der Waals surface area contributed by atoms with E-state index in [-0.39, 0.29) is 5.91 Å². The zero-order chi connectivity index (χ0) is 21.0. The number of H-pyrrole nitrogens is 1. The number of fused-ring (bicyclic) bond motifs is 1. The van der Waals surface area contributed by atoms with Crippen LogP contribution in [0.25, 0.3) is 0 Å². The van der Waals surface area contributed by atoms with Crippen molar-refractivity contribution in [1.29, 1.82) is 0 Å². The summed E-state index contributed by atoms with van der Waals surface area (Å²) in [6.45, 7) is 3.10. The van der Waals surface area contributed by atoms with Crippen LogP contribution in [0.2, 0.25) is 0 Å². The Labute approximate surface area is 183 Å². The number of likely N-dealkylation sites (tertiary alicyclic amines) is 1. The van der Waals surface area contributed by atoms with Crippen molar-refractivity contribution in [2.45, 2.75) is 76.5 Å². The molecule has 0 aromatic carbocycles. The maximum absolute atomic E-state index is 13.2. The van der Waals surface area contributed by atoms with Crippen molar-refractivity contribution >= 4 is 5.91 Å². The van der Waals surface area contributed by atoms with Crippen LogP contribution in [0.5, 0.6) is 0 Å². The Morgan fingerprint density at radius 1 is 1.03 bits per heavy atom. The van der Waals surface area contributed by atoms with Gasteiger partial charge in [-0.05, 0) is 57.3 Å². The Morgan fingerprint density at radius 2 is 1.81 bits per heavy atom. The summed E-state index contributed by atoms with van der Waals surface area (Å²) in [5.41, 5.74) is 3.00. The molecule has 0 bridgehead atoms. The van der Waals surface area contributed by atoms with Gasteiger partial charge in [0, 0.05) is 49.9 Å². The Hall–Kier alpha value is -2.22. The fraction of sp³-hybridized carbons (Fsp3) is 0.739. The van der Waals surface area contributed by atoms with Crippen molar-refractivity contribution in [3.63, 3.8) is 0 Å². The maximum Gasteiger partial charge on any atom is 0.274 e. The first kappa shape index (κ1) is 20.7. The molecule has 0 radical (unpaired) electrons. The van der Waals surface area contributed by atoms with Gasteiger partial charge in [0.05, 0.1) is 0 Å². The molecule has 31 heavy (non-hydrogen) atoms. The van der Waals surface area contributed by atoms with Gasteiger partial charge in [-0.2, -0.15) is 10.1 Å². The van der Waals surface area contributed by atoms with Crippen LogP contribution in [0, 0.1) is 5.92 Å². The number of nitrogens with zero attached hydrogens (tertiary/aromatic N) is 4. The smallest absolute Gasteiger partial charge is 0.274 e. The van der Waals surface area contributed by atoms with Crippen LogP contribution in [0.3, 0.4) is 0 Å². The average Bonchev–Trinajstić information content (AvgIpc) is 3.41. The van der Waals surface area contributed by atoms with Gasteiger partial charge >= 0.3 is 0 Å². The first-order chi connectivity index (χ1) is 15.3. The number of piperidine rings is 1. The molecule has 3 aliphatic rings. The molecule has 5 rings (SSSR count). The molecule has 2 aromatic heterocycles. The van der Waals surface area contributed by atoms with Gasteiger partial charge < -0.3 is 14.2 Å². The van der Waals surface area contributed by atoms with E-state index in [4.69, 9.17) is 9.26 Å². The van der Waals surface area contributed by atoms with Gasteiger partial charge in [0.25, 0.3) is 5.91 Å². The second-order valence-corrected chi connectivity index (χ2v) is 9.32. The number of nitrogens with one attached hydrogen (secondary N) is 1. The van der Waals surface area contributed by atoms with Crippen molar-refractivity contribution in [1.82, 2.24) is 25.2 Å². The number of aromatic nitrogens is 4. The van der Waals surface area contributed by atoms with Crippen LogP contribution in [-0.2, 0) is 24.0 Å². The SMILES string of the molecule is O=C(c1n[nH]c2c1CCCCCC2)N1CCC(Cc2nc(C3CCOCC3)no2)CC1. The summed E-state index contributed by atoms with van der Waals surface area (Å²) >= 11 is 0. The van der Waals surface area contributed by atoms with Gasteiger partial charge in [0.15, 0.2) is 11.5 Å². The third kappa shape index (κ3) is 4.68. The molecule has 8 heteroatoms. The van der Waals surface area contributed by atoms with E-state index in [1.54, 1.807) is 0 Å². The molecule has 2 saturated heterocycles. The minimum Gasteiger partial charge on any atom is -0.381 e. The lowest BCUT2D eigenvalue weighted by Crippen LogP contribution is -2.39. The van der Waals surface area contributed by atoms with Gasteiger partial charge in [0.2, 0.25) is 5.89 Å². The molecule has 0 spiro atoms. The molecule has 0 unspecified atom stereocenters. The maximum atomic E-state index is 13.2. The number of amides is 1. The summed E-state index contributed by atoms with van der Waals surface area (Å²) in [6.07, 6.45) is 11.5. The zero-order valence-corrected chi connectivity index (χ0v) is 18.3. The van der Waals surface area contributed by atoms with Crippen LogP contribution in [-0.4, -0.2) is 57.4 Å². The van der Waals surface area contributed by atoms with Crippen LogP contribution in [0.4, 0.5) is 0 Å². The number of aryl methyl sites for hydroxylation is 1. The van der Waals surface area contributed by atoms with Crippen molar-refractivity contribution < 1.29 is 14.1 Å². The monoisotopic (exact) mass is 427 g/mol.